The quantitative estimate of drug-likeness (QED) is 0.596. The van der Waals surface area contributed by atoms with Crippen molar-refractivity contribution in [3.05, 3.63) is 0 Å². The molecule has 5 heteroatoms. The van der Waals surface area contributed by atoms with Gasteiger partial charge in [-0.15, -0.1) is 0 Å². The first-order valence-corrected chi connectivity index (χ1v) is 10.6. The molecule has 0 radical (unpaired) electrons. The van der Waals surface area contributed by atoms with E-state index in [9.17, 15) is 9.59 Å². The maximum atomic E-state index is 12.7. The summed E-state index contributed by atoms with van der Waals surface area (Å²) >= 11 is 0. The molecule has 0 aromatic heterocycles. The number of ether oxygens (including phenoxy) is 3. The van der Waals surface area contributed by atoms with Crippen molar-refractivity contribution in [2.75, 3.05) is 20.3 Å². The second kappa shape index (κ2) is 7.73. The van der Waals surface area contributed by atoms with Crippen LogP contribution in [0.4, 0.5) is 0 Å². The van der Waals surface area contributed by atoms with Crippen LogP contribution in [0.15, 0.2) is 0 Å². The average molecular weight is 381 g/mol. The van der Waals surface area contributed by atoms with Gasteiger partial charge in [-0.2, -0.15) is 0 Å². The smallest absolute Gasteiger partial charge is 0.344 e. The van der Waals surface area contributed by atoms with Gasteiger partial charge in [0, 0.05) is 13.0 Å². The van der Waals surface area contributed by atoms with Crippen LogP contribution >= 0.6 is 0 Å². The standard InChI is InChI=1S/C22H36O5/c1-6-21(3,4)20(24)26-13-19(23)27-22(14(2)12-25-5)17-8-15-7-16(10-17)11-18(22)9-15/h14-18H,6-13H2,1-5H3. The third-order valence-electron chi connectivity index (χ3n) is 7.65. The van der Waals surface area contributed by atoms with Crippen molar-refractivity contribution in [2.24, 2.45) is 35.0 Å². The molecule has 0 aromatic carbocycles. The maximum absolute atomic E-state index is 12.7. The van der Waals surface area contributed by atoms with E-state index in [4.69, 9.17) is 14.2 Å². The topological polar surface area (TPSA) is 61.8 Å². The Morgan fingerprint density at radius 3 is 2.11 bits per heavy atom. The first-order valence-electron chi connectivity index (χ1n) is 10.6. The fourth-order valence-electron chi connectivity index (χ4n) is 6.06. The lowest BCUT2D eigenvalue weighted by molar-refractivity contribution is -0.234. The molecular weight excluding hydrogens is 344 g/mol. The molecule has 27 heavy (non-hydrogen) atoms. The zero-order valence-electron chi connectivity index (χ0n) is 17.6. The van der Waals surface area contributed by atoms with Gasteiger partial charge in [-0.3, -0.25) is 4.79 Å². The normalized spacial score (nSPS) is 35.7. The largest absolute Gasteiger partial charge is 0.456 e. The van der Waals surface area contributed by atoms with Crippen LogP contribution in [0.1, 0.15) is 66.2 Å². The molecule has 4 fully saturated rings. The van der Waals surface area contributed by atoms with E-state index in [-0.39, 0.29) is 18.5 Å². The summed E-state index contributed by atoms with van der Waals surface area (Å²) in [7, 11) is 1.71. The van der Waals surface area contributed by atoms with Crippen molar-refractivity contribution in [1.82, 2.24) is 0 Å². The Morgan fingerprint density at radius 2 is 1.63 bits per heavy atom. The van der Waals surface area contributed by atoms with E-state index in [1.54, 1.807) is 7.11 Å². The van der Waals surface area contributed by atoms with E-state index in [1.165, 1.54) is 6.42 Å². The van der Waals surface area contributed by atoms with Crippen LogP contribution in [0.5, 0.6) is 0 Å². The predicted molar refractivity (Wildman–Crippen MR) is 102 cm³/mol. The maximum Gasteiger partial charge on any atom is 0.344 e. The van der Waals surface area contributed by atoms with Gasteiger partial charge in [0.25, 0.3) is 0 Å². The molecule has 5 nitrogen and oxygen atoms in total. The van der Waals surface area contributed by atoms with Crippen LogP contribution in [-0.4, -0.2) is 37.9 Å². The van der Waals surface area contributed by atoms with Crippen molar-refractivity contribution in [3.63, 3.8) is 0 Å². The second-order valence-corrected chi connectivity index (χ2v) is 9.80. The van der Waals surface area contributed by atoms with Crippen molar-refractivity contribution in [3.8, 4) is 0 Å². The second-order valence-electron chi connectivity index (χ2n) is 9.80. The minimum Gasteiger partial charge on any atom is -0.456 e. The van der Waals surface area contributed by atoms with E-state index >= 15 is 0 Å². The Labute approximate surface area is 163 Å². The first kappa shape index (κ1) is 20.6. The highest BCUT2D eigenvalue weighted by molar-refractivity contribution is 5.80. The summed E-state index contributed by atoms with van der Waals surface area (Å²) in [6.07, 6.45) is 6.62. The lowest BCUT2D eigenvalue weighted by Crippen LogP contribution is -2.63. The Morgan fingerprint density at radius 1 is 1.07 bits per heavy atom. The molecule has 0 spiro atoms. The zero-order chi connectivity index (χ0) is 19.8. The van der Waals surface area contributed by atoms with Crippen molar-refractivity contribution in [1.29, 1.82) is 0 Å². The van der Waals surface area contributed by atoms with E-state index in [0.717, 1.165) is 37.5 Å². The van der Waals surface area contributed by atoms with Gasteiger partial charge in [0.2, 0.25) is 0 Å². The highest BCUT2D eigenvalue weighted by atomic mass is 16.6. The third-order valence-corrected chi connectivity index (χ3v) is 7.65. The Kier molecular flexibility index (Phi) is 5.90. The first-order chi connectivity index (χ1) is 12.7. The molecule has 1 atom stereocenters. The highest BCUT2D eigenvalue weighted by Gasteiger charge is 2.61. The summed E-state index contributed by atoms with van der Waals surface area (Å²) in [5, 5.41) is 0. The molecule has 0 N–H and O–H groups in total. The molecule has 4 aliphatic rings. The molecule has 0 heterocycles. The summed E-state index contributed by atoms with van der Waals surface area (Å²) in [4.78, 5) is 24.9. The molecule has 0 saturated heterocycles. The Hall–Kier alpha value is -1.10. The number of hydrogen-bond acceptors (Lipinski definition) is 5. The molecule has 4 aliphatic carbocycles. The van der Waals surface area contributed by atoms with Crippen molar-refractivity contribution < 1.29 is 23.8 Å². The fourth-order valence-corrected chi connectivity index (χ4v) is 6.06. The summed E-state index contributed by atoms with van der Waals surface area (Å²) in [5.74, 6) is 1.78. The van der Waals surface area contributed by atoms with Gasteiger partial charge in [0.05, 0.1) is 12.0 Å². The van der Waals surface area contributed by atoms with Crippen LogP contribution in [0.3, 0.4) is 0 Å². The number of carbonyl (C=O) groups excluding carboxylic acids is 2. The Balaban J connectivity index is 1.71. The van der Waals surface area contributed by atoms with Crippen LogP contribution in [0.25, 0.3) is 0 Å². The number of methoxy groups -OCH3 is 1. The number of carbonyl (C=O) groups is 2. The van der Waals surface area contributed by atoms with Crippen molar-refractivity contribution >= 4 is 11.9 Å². The van der Waals surface area contributed by atoms with Gasteiger partial charge in [-0.1, -0.05) is 13.8 Å². The van der Waals surface area contributed by atoms with Gasteiger partial charge < -0.3 is 14.2 Å². The summed E-state index contributed by atoms with van der Waals surface area (Å²) in [6, 6.07) is 0. The van der Waals surface area contributed by atoms with Crippen LogP contribution < -0.4 is 0 Å². The zero-order valence-corrected chi connectivity index (χ0v) is 17.6. The lowest BCUT2D eigenvalue weighted by Gasteiger charge is -2.62. The number of hydrogen-bond donors (Lipinski definition) is 0. The SMILES string of the molecule is CCC(C)(C)C(=O)OCC(=O)OC1(C(C)COC)C2CC3CC(C2)CC1C3. The predicted octanol–water partition coefficient (Wildman–Crippen LogP) is 3.99. The van der Waals surface area contributed by atoms with Gasteiger partial charge in [-0.05, 0) is 76.0 Å². The fraction of sp³-hybridized carbons (Fsp3) is 0.909. The molecule has 0 aliphatic heterocycles. The number of esters is 2. The molecule has 4 rings (SSSR count). The molecule has 1 unspecified atom stereocenters. The van der Waals surface area contributed by atoms with Gasteiger partial charge >= 0.3 is 11.9 Å². The third kappa shape index (κ3) is 3.76. The van der Waals surface area contributed by atoms with Gasteiger partial charge in [0.15, 0.2) is 6.61 Å². The van der Waals surface area contributed by atoms with E-state index < -0.39 is 17.0 Å². The van der Waals surface area contributed by atoms with E-state index in [2.05, 4.69) is 6.92 Å². The average Bonchev–Trinajstić information content (AvgIpc) is 2.62. The van der Waals surface area contributed by atoms with Crippen LogP contribution in [0, 0.1) is 35.0 Å². The molecule has 4 bridgehead atoms. The van der Waals surface area contributed by atoms with Gasteiger partial charge in [-0.25, -0.2) is 4.79 Å². The Bertz CT molecular complexity index is 539. The number of rotatable bonds is 8. The molecule has 0 aromatic rings. The highest BCUT2D eigenvalue weighted by Crippen LogP contribution is 2.61. The lowest BCUT2D eigenvalue weighted by atomic mass is 9.47. The minimum absolute atomic E-state index is 0.143. The molecule has 154 valence electrons. The summed E-state index contributed by atoms with van der Waals surface area (Å²) in [6.45, 7) is 8.04. The minimum atomic E-state index is -0.579. The van der Waals surface area contributed by atoms with Crippen LogP contribution in [-0.2, 0) is 23.8 Å². The van der Waals surface area contributed by atoms with E-state index in [0.29, 0.717) is 24.9 Å². The summed E-state index contributed by atoms with van der Waals surface area (Å²) < 4.78 is 17.0. The van der Waals surface area contributed by atoms with Crippen LogP contribution in [0.2, 0.25) is 0 Å². The molecular formula is C22H36O5. The van der Waals surface area contributed by atoms with E-state index in [1.807, 2.05) is 20.8 Å². The molecule has 0 amide bonds. The summed E-state index contributed by atoms with van der Waals surface area (Å²) in [5.41, 5.74) is -1.04. The van der Waals surface area contributed by atoms with Crippen molar-refractivity contribution in [2.45, 2.75) is 71.8 Å². The monoisotopic (exact) mass is 380 g/mol. The van der Waals surface area contributed by atoms with Gasteiger partial charge in [0.1, 0.15) is 5.60 Å². The molecule has 4 saturated carbocycles.